The van der Waals surface area contributed by atoms with Gasteiger partial charge in [-0.2, -0.15) is 0 Å². The zero-order valence-corrected chi connectivity index (χ0v) is 11.0. The SMILES string of the molecule is Nc1cc(F)c(Br)cc1Sc1ccc(F)cc1. The highest BCUT2D eigenvalue weighted by Gasteiger charge is 2.07. The molecule has 0 aliphatic heterocycles. The summed E-state index contributed by atoms with van der Waals surface area (Å²) >= 11 is 4.46. The van der Waals surface area contributed by atoms with E-state index >= 15 is 0 Å². The maximum Gasteiger partial charge on any atom is 0.139 e. The number of anilines is 1. The Kier molecular flexibility index (Phi) is 3.69. The van der Waals surface area contributed by atoms with Gasteiger partial charge in [-0.1, -0.05) is 11.8 Å². The van der Waals surface area contributed by atoms with Crippen molar-refractivity contribution in [3.63, 3.8) is 0 Å². The number of benzene rings is 2. The average molecular weight is 316 g/mol. The van der Waals surface area contributed by atoms with Gasteiger partial charge >= 0.3 is 0 Å². The van der Waals surface area contributed by atoms with Crippen LogP contribution in [0.15, 0.2) is 50.7 Å². The lowest BCUT2D eigenvalue weighted by molar-refractivity contribution is 0.620. The summed E-state index contributed by atoms with van der Waals surface area (Å²) in [5.74, 6) is -0.687. The molecule has 0 heterocycles. The van der Waals surface area contributed by atoms with Crippen LogP contribution in [-0.2, 0) is 0 Å². The molecular weight excluding hydrogens is 308 g/mol. The van der Waals surface area contributed by atoms with E-state index in [0.717, 1.165) is 9.79 Å². The van der Waals surface area contributed by atoms with E-state index < -0.39 is 5.82 Å². The zero-order chi connectivity index (χ0) is 12.4. The minimum absolute atomic E-state index is 0.289. The maximum absolute atomic E-state index is 13.2. The van der Waals surface area contributed by atoms with Crippen molar-refractivity contribution >= 4 is 33.4 Å². The predicted molar refractivity (Wildman–Crippen MR) is 69.0 cm³/mol. The first kappa shape index (κ1) is 12.4. The lowest BCUT2D eigenvalue weighted by Gasteiger charge is -2.06. The Morgan fingerprint density at radius 3 is 2.35 bits per heavy atom. The number of rotatable bonds is 2. The molecule has 0 aliphatic rings. The van der Waals surface area contributed by atoms with E-state index in [1.54, 1.807) is 18.2 Å². The first-order chi connectivity index (χ1) is 8.06. The molecule has 0 aromatic heterocycles. The van der Waals surface area contributed by atoms with Gasteiger partial charge in [0.1, 0.15) is 11.6 Å². The van der Waals surface area contributed by atoms with Crippen LogP contribution in [0, 0.1) is 11.6 Å². The molecule has 2 N–H and O–H groups in total. The molecule has 0 saturated heterocycles. The summed E-state index contributed by atoms with van der Waals surface area (Å²) in [5.41, 5.74) is 6.07. The van der Waals surface area contributed by atoms with Crippen LogP contribution in [0.2, 0.25) is 0 Å². The number of nitrogen functional groups attached to an aromatic ring is 1. The molecule has 0 atom stereocenters. The lowest BCUT2D eigenvalue weighted by Crippen LogP contribution is -1.91. The number of halogens is 3. The summed E-state index contributed by atoms with van der Waals surface area (Å²) < 4.78 is 26.3. The first-order valence-electron chi connectivity index (χ1n) is 4.74. The molecule has 0 aliphatic carbocycles. The Bertz CT molecular complexity index is 543. The third kappa shape index (κ3) is 2.98. The highest BCUT2D eigenvalue weighted by atomic mass is 79.9. The number of nitrogens with two attached hydrogens (primary N) is 1. The molecular formula is C12H8BrF2NS. The van der Waals surface area contributed by atoms with Crippen LogP contribution >= 0.6 is 27.7 Å². The van der Waals surface area contributed by atoms with Gasteiger partial charge in [0, 0.05) is 15.5 Å². The highest BCUT2D eigenvalue weighted by molar-refractivity contribution is 9.10. The van der Waals surface area contributed by atoms with Crippen molar-refractivity contribution in [3.05, 3.63) is 52.5 Å². The topological polar surface area (TPSA) is 26.0 Å². The first-order valence-corrected chi connectivity index (χ1v) is 6.35. The van der Waals surface area contributed by atoms with Gasteiger partial charge in [-0.25, -0.2) is 8.78 Å². The Labute approximate surface area is 110 Å². The summed E-state index contributed by atoms with van der Waals surface area (Å²) in [6, 6.07) is 8.91. The Morgan fingerprint density at radius 1 is 1.06 bits per heavy atom. The van der Waals surface area contributed by atoms with Crippen molar-refractivity contribution in [2.75, 3.05) is 5.73 Å². The molecule has 0 bridgehead atoms. The van der Waals surface area contributed by atoms with Gasteiger partial charge in [0.05, 0.1) is 4.47 Å². The van der Waals surface area contributed by atoms with Crippen molar-refractivity contribution in [2.24, 2.45) is 0 Å². The van der Waals surface area contributed by atoms with Gasteiger partial charge in [0.2, 0.25) is 0 Å². The summed E-state index contributed by atoms with van der Waals surface area (Å²) in [7, 11) is 0. The Morgan fingerprint density at radius 2 is 1.71 bits per heavy atom. The molecule has 2 aromatic rings. The van der Waals surface area contributed by atoms with Crippen molar-refractivity contribution in [3.8, 4) is 0 Å². The van der Waals surface area contributed by atoms with E-state index in [9.17, 15) is 8.78 Å². The zero-order valence-electron chi connectivity index (χ0n) is 8.58. The van der Waals surface area contributed by atoms with Crippen molar-refractivity contribution in [1.29, 1.82) is 0 Å². The lowest BCUT2D eigenvalue weighted by atomic mass is 10.3. The minimum atomic E-state index is -0.397. The van der Waals surface area contributed by atoms with Gasteiger partial charge in [-0.15, -0.1) is 0 Å². The van der Waals surface area contributed by atoms with Gasteiger partial charge < -0.3 is 5.73 Å². The van der Waals surface area contributed by atoms with Crippen LogP contribution in [0.1, 0.15) is 0 Å². The van der Waals surface area contributed by atoms with Gasteiger partial charge in [0.15, 0.2) is 0 Å². The maximum atomic E-state index is 13.2. The third-order valence-electron chi connectivity index (χ3n) is 2.09. The van der Waals surface area contributed by atoms with Crippen LogP contribution < -0.4 is 5.73 Å². The van der Waals surface area contributed by atoms with Gasteiger partial charge in [-0.05, 0) is 52.3 Å². The molecule has 5 heteroatoms. The van der Waals surface area contributed by atoms with E-state index in [2.05, 4.69) is 15.9 Å². The van der Waals surface area contributed by atoms with Crippen LogP contribution in [0.25, 0.3) is 0 Å². The normalized spacial score (nSPS) is 10.5. The van der Waals surface area contributed by atoms with E-state index in [-0.39, 0.29) is 5.82 Å². The fourth-order valence-corrected chi connectivity index (χ4v) is 2.64. The highest BCUT2D eigenvalue weighted by Crippen LogP contribution is 2.35. The molecule has 0 fully saturated rings. The molecule has 0 saturated carbocycles. The Hall–Kier alpha value is -1.07. The van der Waals surface area contributed by atoms with E-state index in [1.807, 2.05) is 0 Å². The molecule has 2 aromatic carbocycles. The number of hydrogen-bond donors (Lipinski definition) is 1. The fraction of sp³-hybridized carbons (Fsp3) is 0. The van der Waals surface area contributed by atoms with E-state index in [0.29, 0.717) is 10.2 Å². The fourth-order valence-electron chi connectivity index (χ4n) is 1.26. The average Bonchev–Trinajstić information content (AvgIpc) is 2.29. The number of hydrogen-bond acceptors (Lipinski definition) is 2. The summed E-state index contributed by atoms with van der Waals surface area (Å²) in [5, 5.41) is 0. The van der Waals surface area contributed by atoms with E-state index in [1.165, 1.54) is 30.0 Å². The van der Waals surface area contributed by atoms with Crippen molar-refractivity contribution < 1.29 is 8.78 Å². The molecule has 1 nitrogen and oxygen atoms in total. The van der Waals surface area contributed by atoms with Crippen LogP contribution in [0.4, 0.5) is 14.5 Å². The quantitative estimate of drug-likeness (QED) is 0.828. The molecule has 88 valence electrons. The second-order valence-corrected chi connectivity index (χ2v) is 5.33. The van der Waals surface area contributed by atoms with Crippen LogP contribution in [0.5, 0.6) is 0 Å². The molecule has 17 heavy (non-hydrogen) atoms. The minimum Gasteiger partial charge on any atom is -0.398 e. The predicted octanol–water partition coefficient (Wildman–Crippen LogP) is 4.46. The standard InChI is InChI=1S/C12H8BrF2NS/c13-9-5-12(11(16)6-10(9)15)17-8-3-1-7(14)2-4-8/h1-6H,16H2. The van der Waals surface area contributed by atoms with E-state index in [4.69, 9.17) is 5.73 Å². The second-order valence-electron chi connectivity index (χ2n) is 3.36. The van der Waals surface area contributed by atoms with Gasteiger partial charge in [0.25, 0.3) is 0 Å². The molecule has 2 rings (SSSR count). The smallest absolute Gasteiger partial charge is 0.139 e. The summed E-state index contributed by atoms with van der Waals surface area (Å²) in [6.45, 7) is 0. The molecule has 0 spiro atoms. The molecule has 0 unspecified atom stereocenters. The summed E-state index contributed by atoms with van der Waals surface area (Å²) in [6.07, 6.45) is 0. The van der Waals surface area contributed by atoms with Gasteiger partial charge in [-0.3, -0.25) is 0 Å². The van der Waals surface area contributed by atoms with Crippen molar-refractivity contribution in [1.82, 2.24) is 0 Å². The summed E-state index contributed by atoms with van der Waals surface area (Å²) in [4.78, 5) is 1.57. The molecule has 0 amide bonds. The van der Waals surface area contributed by atoms with Crippen LogP contribution in [-0.4, -0.2) is 0 Å². The Balaban J connectivity index is 2.30. The van der Waals surface area contributed by atoms with Crippen LogP contribution in [0.3, 0.4) is 0 Å². The monoisotopic (exact) mass is 315 g/mol. The largest absolute Gasteiger partial charge is 0.398 e. The third-order valence-corrected chi connectivity index (χ3v) is 3.78. The van der Waals surface area contributed by atoms with Crippen molar-refractivity contribution in [2.45, 2.75) is 9.79 Å². The molecule has 0 radical (unpaired) electrons. The second kappa shape index (κ2) is 5.06.